The van der Waals surface area contributed by atoms with E-state index in [2.05, 4.69) is 11.9 Å². The summed E-state index contributed by atoms with van der Waals surface area (Å²) in [5, 5.41) is 1.18. The summed E-state index contributed by atoms with van der Waals surface area (Å²) in [5.74, 6) is 0. The van der Waals surface area contributed by atoms with Crippen LogP contribution in [-0.2, 0) is 12.8 Å². The summed E-state index contributed by atoms with van der Waals surface area (Å²) in [6.45, 7) is 2.23. The highest BCUT2D eigenvalue weighted by molar-refractivity contribution is 7.11. The van der Waals surface area contributed by atoms with Crippen LogP contribution in [0, 0.1) is 0 Å². The number of hydrogen-bond acceptors (Lipinski definition) is 3. The van der Waals surface area contributed by atoms with Gasteiger partial charge in [-0.15, -0.1) is 11.3 Å². The van der Waals surface area contributed by atoms with Crippen molar-refractivity contribution in [3.05, 3.63) is 15.6 Å². The fourth-order valence-corrected chi connectivity index (χ4v) is 3.30. The number of unbranched alkanes of at least 4 members (excludes halogenated alkanes) is 2. The van der Waals surface area contributed by atoms with E-state index in [0.717, 1.165) is 6.42 Å². The molecule has 0 aliphatic heterocycles. The summed E-state index contributed by atoms with van der Waals surface area (Å²) in [4.78, 5) is 6.16. The van der Waals surface area contributed by atoms with Gasteiger partial charge in [0.05, 0.1) is 11.7 Å². The van der Waals surface area contributed by atoms with E-state index in [4.69, 9.17) is 5.73 Å². The molecule has 0 fully saturated rings. The lowest BCUT2D eigenvalue weighted by Gasteiger charge is -2.07. The summed E-state index contributed by atoms with van der Waals surface area (Å²) in [5.41, 5.74) is 7.48. The van der Waals surface area contributed by atoms with Crippen LogP contribution in [0.25, 0.3) is 0 Å². The molecule has 2 N–H and O–H groups in total. The smallest absolute Gasteiger partial charge is 0.110 e. The molecule has 1 aromatic rings. The molecule has 1 aliphatic rings. The summed E-state index contributed by atoms with van der Waals surface area (Å²) < 4.78 is 0. The van der Waals surface area contributed by atoms with E-state index in [0.29, 0.717) is 0 Å². The quantitative estimate of drug-likeness (QED) is 0.780. The molecule has 1 unspecified atom stereocenters. The molecule has 1 aliphatic carbocycles. The number of aromatic nitrogens is 1. The molecule has 1 aromatic heterocycles. The fourth-order valence-electron chi connectivity index (χ4n) is 2.11. The van der Waals surface area contributed by atoms with Crippen molar-refractivity contribution in [2.75, 3.05) is 0 Å². The lowest BCUT2D eigenvalue weighted by atomic mass is 10.1. The van der Waals surface area contributed by atoms with Gasteiger partial charge in [0.15, 0.2) is 0 Å². The third kappa shape index (κ3) is 2.58. The Kier molecular flexibility index (Phi) is 3.76. The van der Waals surface area contributed by atoms with E-state index < -0.39 is 0 Å². The Morgan fingerprint density at radius 3 is 3.00 bits per heavy atom. The van der Waals surface area contributed by atoms with Crippen LogP contribution in [0.2, 0.25) is 0 Å². The second kappa shape index (κ2) is 5.08. The molecule has 3 heteroatoms. The number of aryl methyl sites for hydroxylation is 2. The van der Waals surface area contributed by atoms with Gasteiger partial charge in [-0.3, -0.25) is 0 Å². The van der Waals surface area contributed by atoms with Gasteiger partial charge in [-0.1, -0.05) is 26.2 Å². The van der Waals surface area contributed by atoms with Gasteiger partial charge in [0.1, 0.15) is 5.01 Å². The largest absolute Gasteiger partial charge is 0.322 e. The van der Waals surface area contributed by atoms with Crippen LogP contribution < -0.4 is 5.73 Å². The average Bonchev–Trinajstić information content (AvgIpc) is 2.76. The summed E-state index contributed by atoms with van der Waals surface area (Å²) in [6, 6.07) is 0.187. The first-order chi connectivity index (χ1) is 7.31. The first-order valence-corrected chi connectivity index (χ1v) is 6.87. The third-order valence-corrected chi connectivity index (χ3v) is 4.34. The number of rotatable bonds is 5. The molecule has 0 saturated heterocycles. The highest BCUT2D eigenvalue weighted by atomic mass is 32.1. The third-order valence-electron chi connectivity index (χ3n) is 3.05. The summed E-state index contributed by atoms with van der Waals surface area (Å²) in [7, 11) is 0. The van der Waals surface area contributed by atoms with Gasteiger partial charge in [-0.25, -0.2) is 4.98 Å². The zero-order valence-corrected chi connectivity index (χ0v) is 10.3. The second-order valence-electron chi connectivity index (χ2n) is 4.38. The Morgan fingerprint density at radius 2 is 2.27 bits per heavy atom. The van der Waals surface area contributed by atoms with Crippen LogP contribution in [0.5, 0.6) is 0 Å². The van der Waals surface area contributed by atoms with Crippen LogP contribution >= 0.6 is 11.3 Å². The van der Waals surface area contributed by atoms with E-state index >= 15 is 0 Å². The number of fused-ring (bicyclic) bond motifs is 1. The van der Waals surface area contributed by atoms with Crippen molar-refractivity contribution in [2.45, 2.75) is 57.9 Å². The first-order valence-electron chi connectivity index (χ1n) is 6.05. The van der Waals surface area contributed by atoms with Crippen LogP contribution in [0.3, 0.4) is 0 Å². The fraction of sp³-hybridized carbons (Fsp3) is 0.750. The SMILES string of the molecule is CCCCCC(N)c1nc2c(s1)CCC2. The predicted octanol–water partition coefficient (Wildman–Crippen LogP) is 3.21. The van der Waals surface area contributed by atoms with E-state index in [-0.39, 0.29) is 6.04 Å². The van der Waals surface area contributed by atoms with Crippen LogP contribution in [0.4, 0.5) is 0 Å². The molecule has 0 amide bonds. The average molecular weight is 224 g/mol. The zero-order chi connectivity index (χ0) is 10.7. The molecule has 2 rings (SSSR count). The molecule has 0 bridgehead atoms. The minimum absolute atomic E-state index is 0.187. The van der Waals surface area contributed by atoms with Gasteiger partial charge in [0, 0.05) is 4.88 Å². The molecule has 0 aromatic carbocycles. The lowest BCUT2D eigenvalue weighted by molar-refractivity contribution is 0.578. The van der Waals surface area contributed by atoms with E-state index in [1.807, 2.05) is 11.3 Å². The molecule has 15 heavy (non-hydrogen) atoms. The summed E-state index contributed by atoms with van der Waals surface area (Å²) >= 11 is 1.85. The number of hydrogen-bond donors (Lipinski definition) is 1. The van der Waals surface area contributed by atoms with Gasteiger partial charge >= 0.3 is 0 Å². The molecular formula is C12H20N2S. The highest BCUT2D eigenvalue weighted by Gasteiger charge is 2.19. The number of nitrogens with two attached hydrogens (primary N) is 1. The Bertz CT molecular complexity index is 298. The maximum absolute atomic E-state index is 6.14. The monoisotopic (exact) mass is 224 g/mol. The van der Waals surface area contributed by atoms with Crippen molar-refractivity contribution >= 4 is 11.3 Å². The van der Waals surface area contributed by atoms with Gasteiger partial charge in [-0.05, 0) is 25.7 Å². The highest BCUT2D eigenvalue weighted by Crippen LogP contribution is 2.31. The second-order valence-corrected chi connectivity index (χ2v) is 5.49. The lowest BCUT2D eigenvalue weighted by Crippen LogP contribution is -2.09. The van der Waals surface area contributed by atoms with Crippen molar-refractivity contribution in [3.8, 4) is 0 Å². The van der Waals surface area contributed by atoms with E-state index in [1.54, 1.807) is 0 Å². The van der Waals surface area contributed by atoms with Gasteiger partial charge in [0.25, 0.3) is 0 Å². The molecule has 0 radical (unpaired) electrons. The Hall–Kier alpha value is -0.410. The zero-order valence-electron chi connectivity index (χ0n) is 9.46. The van der Waals surface area contributed by atoms with Crippen LogP contribution in [0.1, 0.15) is 60.6 Å². The Morgan fingerprint density at radius 1 is 1.40 bits per heavy atom. The predicted molar refractivity (Wildman–Crippen MR) is 65.2 cm³/mol. The van der Waals surface area contributed by atoms with E-state index in [9.17, 15) is 0 Å². The minimum atomic E-state index is 0.187. The molecule has 84 valence electrons. The van der Waals surface area contributed by atoms with Gasteiger partial charge < -0.3 is 5.73 Å². The van der Waals surface area contributed by atoms with Crippen molar-refractivity contribution in [3.63, 3.8) is 0 Å². The van der Waals surface area contributed by atoms with Crippen LogP contribution in [0.15, 0.2) is 0 Å². The number of nitrogens with zero attached hydrogens (tertiary/aromatic N) is 1. The molecule has 2 nitrogen and oxygen atoms in total. The molecular weight excluding hydrogens is 204 g/mol. The van der Waals surface area contributed by atoms with Crippen molar-refractivity contribution in [1.82, 2.24) is 4.98 Å². The molecule has 1 atom stereocenters. The Balaban J connectivity index is 1.91. The van der Waals surface area contributed by atoms with Crippen LogP contribution in [-0.4, -0.2) is 4.98 Å². The van der Waals surface area contributed by atoms with Gasteiger partial charge in [0.2, 0.25) is 0 Å². The van der Waals surface area contributed by atoms with Gasteiger partial charge in [-0.2, -0.15) is 0 Å². The molecule has 1 heterocycles. The Labute approximate surface area is 95.9 Å². The van der Waals surface area contributed by atoms with Crippen molar-refractivity contribution in [1.29, 1.82) is 0 Å². The summed E-state index contributed by atoms with van der Waals surface area (Å²) in [6.07, 6.45) is 8.59. The molecule has 0 saturated carbocycles. The first kappa shape index (κ1) is 11.1. The molecule has 0 spiro atoms. The normalized spacial score (nSPS) is 16.7. The maximum Gasteiger partial charge on any atom is 0.110 e. The maximum atomic E-state index is 6.14. The van der Waals surface area contributed by atoms with Crippen molar-refractivity contribution < 1.29 is 0 Å². The van der Waals surface area contributed by atoms with E-state index in [1.165, 1.54) is 54.1 Å². The standard InChI is InChI=1S/C12H20N2S/c1-2-3-4-6-9(13)12-14-10-7-5-8-11(10)15-12/h9H,2-8,13H2,1H3. The minimum Gasteiger partial charge on any atom is -0.322 e. The number of thiazole rings is 1. The van der Waals surface area contributed by atoms with Crippen molar-refractivity contribution in [2.24, 2.45) is 5.73 Å². The topological polar surface area (TPSA) is 38.9 Å².